The summed E-state index contributed by atoms with van der Waals surface area (Å²) in [5.41, 5.74) is 2.80. The molecular weight excluding hydrogens is 186 g/mol. The van der Waals surface area contributed by atoms with Crippen LogP contribution in [0.2, 0.25) is 0 Å². The summed E-state index contributed by atoms with van der Waals surface area (Å²) < 4.78 is 5.33. The van der Waals surface area contributed by atoms with Crippen molar-refractivity contribution in [2.24, 2.45) is 0 Å². The minimum absolute atomic E-state index is 0.897. The van der Waals surface area contributed by atoms with E-state index in [-0.39, 0.29) is 0 Å². The first-order chi connectivity index (χ1) is 7.34. The lowest BCUT2D eigenvalue weighted by Crippen LogP contribution is -2.37. The van der Waals surface area contributed by atoms with Crippen molar-refractivity contribution < 1.29 is 4.74 Å². The summed E-state index contributed by atoms with van der Waals surface area (Å²) in [7, 11) is 0. The summed E-state index contributed by atoms with van der Waals surface area (Å²) in [6.07, 6.45) is 1.15. The lowest BCUT2D eigenvalue weighted by Gasteiger charge is -2.26. The quantitative estimate of drug-likeness (QED) is 0.747. The van der Waals surface area contributed by atoms with Crippen LogP contribution in [0.4, 0.5) is 0 Å². The van der Waals surface area contributed by atoms with Gasteiger partial charge >= 0.3 is 0 Å². The van der Waals surface area contributed by atoms with Gasteiger partial charge in [0.25, 0.3) is 0 Å². The number of benzene rings is 1. The molecule has 0 N–H and O–H groups in total. The summed E-state index contributed by atoms with van der Waals surface area (Å²) >= 11 is 0. The Hall–Kier alpha value is -0.860. The number of hydrogen-bond donors (Lipinski definition) is 0. The van der Waals surface area contributed by atoms with Gasteiger partial charge in [0.2, 0.25) is 0 Å². The minimum Gasteiger partial charge on any atom is -0.379 e. The molecule has 0 unspecified atom stereocenters. The molecule has 1 aromatic carbocycles. The van der Waals surface area contributed by atoms with Crippen molar-refractivity contribution in [3.8, 4) is 0 Å². The SMILES string of the molecule is Cc1cccc(CCN2CCOCC2)c1. The van der Waals surface area contributed by atoms with Crippen LogP contribution in [0.3, 0.4) is 0 Å². The number of morpholine rings is 1. The summed E-state index contributed by atoms with van der Waals surface area (Å²) in [5.74, 6) is 0. The van der Waals surface area contributed by atoms with E-state index >= 15 is 0 Å². The predicted molar refractivity (Wildman–Crippen MR) is 62.1 cm³/mol. The molecule has 2 nitrogen and oxygen atoms in total. The molecule has 2 heteroatoms. The zero-order valence-corrected chi connectivity index (χ0v) is 9.41. The molecule has 1 saturated heterocycles. The van der Waals surface area contributed by atoms with Crippen LogP contribution in [0.5, 0.6) is 0 Å². The molecular formula is C13H19NO. The first kappa shape index (κ1) is 10.7. The number of aryl methyl sites for hydroxylation is 1. The Balaban J connectivity index is 1.81. The van der Waals surface area contributed by atoms with Gasteiger partial charge in [-0.3, -0.25) is 4.90 Å². The van der Waals surface area contributed by atoms with Crippen molar-refractivity contribution >= 4 is 0 Å². The van der Waals surface area contributed by atoms with Crippen LogP contribution in [-0.2, 0) is 11.2 Å². The Bertz CT molecular complexity index is 305. The zero-order chi connectivity index (χ0) is 10.5. The van der Waals surface area contributed by atoms with Gasteiger partial charge in [0.1, 0.15) is 0 Å². The highest BCUT2D eigenvalue weighted by Gasteiger charge is 2.09. The van der Waals surface area contributed by atoms with Gasteiger partial charge in [0.05, 0.1) is 13.2 Å². The number of nitrogens with zero attached hydrogens (tertiary/aromatic N) is 1. The monoisotopic (exact) mass is 205 g/mol. The van der Waals surface area contributed by atoms with E-state index in [2.05, 4.69) is 36.1 Å². The zero-order valence-electron chi connectivity index (χ0n) is 9.41. The van der Waals surface area contributed by atoms with Gasteiger partial charge in [-0.15, -0.1) is 0 Å². The van der Waals surface area contributed by atoms with Crippen molar-refractivity contribution in [1.29, 1.82) is 0 Å². The average molecular weight is 205 g/mol. The molecule has 0 bridgehead atoms. The second-order valence-corrected chi connectivity index (χ2v) is 4.19. The highest BCUT2D eigenvalue weighted by molar-refractivity contribution is 5.22. The second-order valence-electron chi connectivity index (χ2n) is 4.19. The van der Waals surface area contributed by atoms with Gasteiger partial charge in [-0.05, 0) is 18.9 Å². The summed E-state index contributed by atoms with van der Waals surface area (Å²) in [5, 5.41) is 0. The normalized spacial score (nSPS) is 17.9. The topological polar surface area (TPSA) is 12.5 Å². The highest BCUT2D eigenvalue weighted by Crippen LogP contribution is 2.06. The maximum Gasteiger partial charge on any atom is 0.0594 e. The molecule has 1 aliphatic rings. The van der Waals surface area contributed by atoms with Gasteiger partial charge in [-0.25, -0.2) is 0 Å². The fourth-order valence-corrected chi connectivity index (χ4v) is 1.98. The maximum atomic E-state index is 5.33. The van der Waals surface area contributed by atoms with Gasteiger partial charge < -0.3 is 4.74 Å². The molecule has 0 radical (unpaired) electrons. The lowest BCUT2D eigenvalue weighted by molar-refractivity contribution is 0.0384. The molecule has 1 heterocycles. The molecule has 1 aromatic rings. The fourth-order valence-electron chi connectivity index (χ4n) is 1.98. The van der Waals surface area contributed by atoms with Crippen molar-refractivity contribution in [3.05, 3.63) is 35.4 Å². The Morgan fingerprint density at radius 1 is 1.27 bits per heavy atom. The fraction of sp³-hybridized carbons (Fsp3) is 0.538. The summed E-state index contributed by atoms with van der Waals surface area (Å²) in [4.78, 5) is 2.48. The largest absolute Gasteiger partial charge is 0.379 e. The van der Waals surface area contributed by atoms with Gasteiger partial charge in [0, 0.05) is 19.6 Å². The third-order valence-corrected chi connectivity index (χ3v) is 2.90. The van der Waals surface area contributed by atoms with Gasteiger partial charge in [-0.1, -0.05) is 29.8 Å². The van der Waals surface area contributed by atoms with E-state index < -0.39 is 0 Å². The Labute approximate surface area is 91.9 Å². The van der Waals surface area contributed by atoms with E-state index in [4.69, 9.17) is 4.74 Å². The van der Waals surface area contributed by atoms with Crippen LogP contribution in [0, 0.1) is 6.92 Å². The molecule has 0 atom stereocenters. The first-order valence-electron chi connectivity index (χ1n) is 5.70. The standard InChI is InChI=1S/C13H19NO/c1-12-3-2-4-13(11-12)5-6-14-7-9-15-10-8-14/h2-4,11H,5-10H2,1H3. The Morgan fingerprint density at radius 2 is 2.07 bits per heavy atom. The van der Waals surface area contributed by atoms with E-state index in [1.54, 1.807) is 0 Å². The molecule has 1 aliphatic heterocycles. The van der Waals surface area contributed by atoms with Crippen LogP contribution >= 0.6 is 0 Å². The third kappa shape index (κ3) is 3.33. The average Bonchev–Trinajstić information content (AvgIpc) is 2.28. The number of hydrogen-bond acceptors (Lipinski definition) is 2. The first-order valence-corrected chi connectivity index (χ1v) is 5.70. The summed E-state index contributed by atoms with van der Waals surface area (Å²) in [6.45, 7) is 7.28. The molecule has 2 rings (SSSR count). The highest BCUT2D eigenvalue weighted by atomic mass is 16.5. The molecule has 0 aliphatic carbocycles. The minimum atomic E-state index is 0.897. The van der Waals surface area contributed by atoms with E-state index in [0.717, 1.165) is 39.3 Å². The van der Waals surface area contributed by atoms with Gasteiger partial charge in [-0.2, -0.15) is 0 Å². The molecule has 0 amide bonds. The predicted octanol–water partition coefficient (Wildman–Crippen LogP) is 1.87. The molecule has 0 aromatic heterocycles. The lowest BCUT2D eigenvalue weighted by atomic mass is 10.1. The van der Waals surface area contributed by atoms with Crippen molar-refractivity contribution in [1.82, 2.24) is 4.90 Å². The molecule has 82 valence electrons. The van der Waals surface area contributed by atoms with Crippen LogP contribution in [0.1, 0.15) is 11.1 Å². The van der Waals surface area contributed by atoms with Crippen LogP contribution in [-0.4, -0.2) is 37.7 Å². The molecule has 0 saturated carbocycles. The smallest absolute Gasteiger partial charge is 0.0594 e. The van der Waals surface area contributed by atoms with Crippen LogP contribution in [0.25, 0.3) is 0 Å². The van der Waals surface area contributed by atoms with E-state index in [0.29, 0.717) is 0 Å². The van der Waals surface area contributed by atoms with E-state index in [1.807, 2.05) is 0 Å². The molecule has 1 fully saturated rings. The van der Waals surface area contributed by atoms with E-state index in [1.165, 1.54) is 11.1 Å². The van der Waals surface area contributed by atoms with Gasteiger partial charge in [0.15, 0.2) is 0 Å². The second kappa shape index (κ2) is 5.29. The Kier molecular flexibility index (Phi) is 3.75. The van der Waals surface area contributed by atoms with Crippen molar-refractivity contribution in [3.63, 3.8) is 0 Å². The molecule has 15 heavy (non-hydrogen) atoms. The number of ether oxygens (including phenoxy) is 1. The van der Waals surface area contributed by atoms with Crippen LogP contribution < -0.4 is 0 Å². The third-order valence-electron chi connectivity index (χ3n) is 2.90. The Morgan fingerprint density at radius 3 is 2.80 bits per heavy atom. The van der Waals surface area contributed by atoms with Crippen molar-refractivity contribution in [2.45, 2.75) is 13.3 Å². The number of rotatable bonds is 3. The summed E-state index contributed by atoms with van der Waals surface area (Å²) in [6, 6.07) is 8.79. The van der Waals surface area contributed by atoms with Crippen molar-refractivity contribution in [2.75, 3.05) is 32.8 Å². The van der Waals surface area contributed by atoms with Crippen LogP contribution in [0.15, 0.2) is 24.3 Å². The molecule has 0 spiro atoms. The maximum absolute atomic E-state index is 5.33. The van der Waals surface area contributed by atoms with E-state index in [9.17, 15) is 0 Å².